The van der Waals surface area contributed by atoms with E-state index in [1.54, 1.807) is 4.90 Å². The van der Waals surface area contributed by atoms with Gasteiger partial charge in [0.2, 0.25) is 5.91 Å². The molecule has 1 fully saturated rings. The molecule has 4 nitrogen and oxygen atoms in total. The molecule has 1 saturated heterocycles. The Morgan fingerprint density at radius 1 is 1.09 bits per heavy atom. The number of carbonyl (C=O) groups is 2. The van der Waals surface area contributed by atoms with Gasteiger partial charge in [-0.25, -0.2) is 0 Å². The normalized spacial score (nSPS) is 14.7. The van der Waals surface area contributed by atoms with Crippen molar-refractivity contribution in [2.75, 3.05) is 16.8 Å². The third-order valence-corrected chi connectivity index (χ3v) is 4.13. The number of carbonyl (C=O) groups excluding carboxylic acids is 2. The van der Waals surface area contributed by atoms with Crippen LogP contribution in [0.1, 0.15) is 35.2 Å². The highest BCUT2D eigenvalue weighted by Crippen LogP contribution is 2.24. The van der Waals surface area contributed by atoms with Crippen molar-refractivity contribution >= 4 is 23.2 Å². The zero-order valence-corrected chi connectivity index (χ0v) is 13.2. The van der Waals surface area contributed by atoms with E-state index in [1.165, 1.54) is 0 Å². The Kier molecular flexibility index (Phi) is 4.42. The Labute approximate surface area is 136 Å². The van der Waals surface area contributed by atoms with Crippen molar-refractivity contribution in [1.29, 1.82) is 0 Å². The van der Waals surface area contributed by atoms with Crippen molar-refractivity contribution in [2.24, 2.45) is 0 Å². The van der Waals surface area contributed by atoms with E-state index in [2.05, 4.69) is 5.32 Å². The fraction of sp³-hybridized carbons (Fsp3) is 0.263. The maximum Gasteiger partial charge on any atom is 0.255 e. The van der Waals surface area contributed by atoms with Crippen molar-refractivity contribution in [1.82, 2.24) is 0 Å². The summed E-state index contributed by atoms with van der Waals surface area (Å²) in [6.07, 6.45) is 2.57. The SMILES string of the molecule is Cc1ccccc1C(=O)Nc1cccc(N2CCCCC2=O)c1. The number of nitrogens with one attached hydrogen (secondary N) is 1. The van der Waals surface area contributed by atoms with E-state index >= 15 is 0 Å². The minimum absolute atomic E-state index is 0.134. The van der Waals surface area contributed by atoms with Gasteiger partial charge >= 0.3 is 0 Å². The summed E-state index contributed by atoms with van der Waals surface area (Å²) >= 11 is 0. The van der Waals surface area contributed by atoms with E-state index in [0.717, 1.165) is 30.6 Å². The zero-order valence-electron chi connectivity index (χ0n) is 13.2. The molecule has 0 aromatic heterocycles. The summed E-state index contributed by atoms with van der Waals surface area (Å²) in [5, 5.41) is 2.92. The summed E-state index contributed by atoms with van der Waals surface area (Å²) in [5.74, 6) is 0.0175. The summed E-state index contributed by atoms with van der Waals surface area (Å²) in [4.78, 5) is 26.2. The largest absolute Gasteiger partial charge is 0.322 e. The smallest absolute Gasteiger partial charge is 0.255 e. The van der Waals surface area contributed by atoms with Crippen LogP contribution in [-0.2, 0) is 4.79 Å². The highest BCUT2D eigenvalue weighted by atomic mass is 16.2. The van der Waals surface area contributed by atoms with Crippen LogP contribution in [0.5, 0.6) is 0 Å². The second-order valence-corrected chi connectivity index (χ2v) is 5.82. The predicted molar refractivity (Wildman–Crippen MR) is 91.8 cm³/mol. The first-order valence-corrected chi connectivity index (χ1v) is 7.92. The van der Waals surface area contributed by atoms with Gasteiger partial charge in [-0.05, 0) is 49.6 Å². The first-order chi connectivity index (χ1) is 11.1. The van der Waals surface area contributed by atoms with Crippen molar-refractivity contribution in [2.45, 2.75) is 26.2 Å². The fourth-order valence-corrected chi connectivity index (χ4v) is 2.86. The maximum absolute atomic E-state index is 12.4. The number of benzene rings is 2. The number of rotatable bonds is 3. The van der Waals surface area contributed by atoms with Gasteiger partial charge in [0.15, 0.2) is 0 Å². The molecule has 0 spiro atoms. The molecule has 2 aromatic carbocycles. The van der Waals surface area contributed by atoms with E-state index in [0.29, 0.717) is 17.7 Å². The van der Waals surface area contributed by atoms with Crippen LogP contribution in [-0.4, -0.2) is 18.4 Å². The Morgan fingerprint density at radius 3 is 2.70 bits per heavy atom. The van der Waals surface area contributed by atoms with Crippen LogP contribution in [0.4, 0.5) is 11.4 Å². The lowest BCUT2D eigenvalue weighted by Gasteiger charge is -2.27. The lowest BCUT2D eigenvalue weighted by molar-refractivity contribution is -0.119. The third kappa shape index (κ3) is 3.42. The molecule has 2 aromatic rings. The monoisotopic (exact) mass is 308 g/mol. The van der Waals surface area contributed by atoms with Gasteiger partial charge in [0, 0.05) is 29.9 Å². The standard InChI is InChI=1S/C19H20N2O2/c1-14-7-2-3-10-17(14)19(23)20-15-8-6-9-16(13-15)21-12-5-4-11-18(21)22/h2-3,6-10,13H,4-5,11-12H2,1H3,(H,20,23). The minimum Gasteiger partial charge on any atom is -0.322 e. The van der Waals surface area contributed by atoms with Gasteiger partial charge in [-0.2, -0.15) is 0 Å². The molecular weight excluding hydrogens is 288 g/mol. The van der Waals surface area contributed by atoms with Crippen molar-refractivity contribution in [3.8, 4) is 0 Å². The van der Waals surface area contributed by atoms with E-state index in [4.69, 9.17) is 0 Å². The average Bonchev–Trinajstić information content (AvgIpc) is 2.56. The average molecular weight is 308 g/mol. The summed E-state index contributed by atoms with van der Waals surface area (Å²) in [7, 11) is 0. The van der Waals surface area contributed by atoms with Crippen LogP contribution in [0.25, 0.3) is 0 Å². The summed E-state index contributed by atoms with van der Waals surface area (Å²) in [5.41, 5.74) is 3.14. The number of amides is 2. The first kappa shape index (κ1) is 15.3. The molecule has 4 heteroatoms. The van der Waals surface area contributed by atoms with Gasteiger partial charge in [0.25, 0.3) is 5.91 Å². The van der Waals surface area contributed by atoms with Crippen LogP contribution < -0.4 is 10.2 Å². The van der Waals surface area contributed by atoms with Gasteiger partial charge in [-0.3, -0.25) is 9.59 Å². The number of hydrogen-bond acceptors (Lipinski definition) is 2. The van der Waals surface area contributed by atoms with E-state index < -0.39 is 0 Å². The van der Waals surface area contributed by atoms with Crippen LogP contribution in [0.15, 0.2) is 48.5 Å². The maximum atomic E-state index is 12.4. The number of piperidine rings is 1. The van der Waals surface area contributed by atoms with Gasteiger partial charge in [0.1, 0.15) is 0 Å². The van der Waals surface area contributed by atoms with E-state index in [-0.39, 0.29) is 11.8 Å². The Morgan fingerprint density at radius 2 is 1.91 bits per heavy atom. The first-order valence-electron chi connectivity index (χ1n) is 7.92. The second-order valence-electron chi connectivity index (χ2n) is 5.82. The van der Waals surface area contributed by atoms with Crippen LogP contribution >= 0.6 is 0 Å². The topological polar surface area (TPSA) is 49.4 Å². The number of anilines is 2. The predicted octanol–water partition coefficient (Wildman–Crippen LogP) is 3.76. The molecule has 0 aliphatic carbocycles. The molecule has 118 valence electrons. The van der Waals surface area contributed by atoms with Crippen molar-refractivity contribution in [3.63, 3.8) is 0 Å². The molecule has 2 amide bonds. The Hall–Kier alpha value is -2.62. The quantitative estimate of drug-likeness (QED) is 0.938. The van der Waals surface area contributed by atoms with E-state index in [9.17, 15) is 9.59 Å². The van der Waals surface area contributed by atoms with Gasteiger partial charge in [-0.1, -0.05) is 24.3 Å². The molecular formula is C19H20N2O2. The minimum atomic E-state index is -0.134. The molecule has 0 saturated carbocycles. The Balaban J connectivity index is 1.79. The highest BCUT2D eigenvalue weighted by molar-refractivity contribution is 6.05. The fourth-order valence-electron chi connectivity index (χ4n) is 2.86. The molecule has 0 atom stereocenters. The zero-order chi connectivity index (χ0) is 16.2. The summed E-state index contributed by atoms with van der Waals surface area (Å²) < 4.78 is 0. The third-order valence-electron chi connectivity index (χ3n) is 4.13. The van der Waals surface area contributed by atoms with Gasteiger partial charge < -0.3 is 10.2 Å². The molecule has 0 unspecified atom stereocenters. The van der Waals surface area contributed by atoms with Crippen molar-refractivity contribution in [3.05, 3.63) is 59.7 Å². The lowest BCUT2D eigenvalue weighted by Crippen LogP contribution is -2.35. The van der Waals surface area contributed by atoms with E-state index in [1.807, 2.05) is 55.5 Å². The molecule has 3 rings (SSSR count). The van der Waals surface area contributed by atoms with Crippen molar-refractivity contribution < 1.29 is 9.59 Å². The number of hydrogen-bond donors (Lipinski definition) is 1. The molecule has 1 heterocycles. The summed E-state index contributed by atoms with van der Waals surface area (Å²) in [6, 6.07) is 15.0. The highest BCUT2D eigenvalue weighted by Gasteiger charge is 2.19. The van der Waals surface area contributed by atoms with Crippen LogP contribution in [0.3, 0.4) is 0 Å². The molecule has 0 bridgehead atoms. The molecule has 1 aliphatic heterocycles. The van der Waals surface area contributed by atoms with Crippen LogP contribution in [0.2, 0.25) is 0 Å². The van der Waals surface area contributed by atoms with Gasteiger partial charge in [-0.15, -0.1) is 0 Å². The molecule has 1 aliphatic rings. The number of aryl methyl sites for hydroxylation is 1. The molecule has 1 N–H and O–H groups in total. The van der Waals surface area contributed by atoms with Gasteiger partial charge in [0.05, 0.1) is 0 Å². The Bertz CT molecular complexity index is 740. The second kappa shape index (κ2) is 6.65. The molecule has 23 heavy (non-hydrogen) atoms. The molecule has 0 radical (unpaired) electrons. The summed E-state index contributed by atoms with van der Waals surface area (Å²) in [6.45, 7) is 2.66. The number of nitrogens with zero attached hydrogens (tertiary/aromatic N) is 1. The van der Waals surface area contributed by atoms with Crippen LogP contribution in [0, 0.1) is 6.92 Å². The lowest BCUT2D eigenvalue weighted by atomic mass is 10.1.